The van der Waals surface area contributed by atoms with Crippen molar-refractivity contribution in [1.29, 1.82) is 0 Å². The molecule has 0 aliphatic heterocycles. The Morgan fingerprint density at radius 2 is 1.80 bits per heavy atom. The molecule has 0 fully saturated rings. The van der Waals surface area contributed by atoms with Crippen molar-refractivity contribution in [3.8, 4) is 0 Å². The number of benzene rings is 1. The zero-order chi connectivity index (χ0) is 15.3. The van der Waals surface area contributed by atoms with Crippen LogP contribution in [0, 0.1) is 10.1 Å². The Kier molecular flexibility index (Phi) is 4.73. The molecule has 20 heavy (non-hydrogen) atoms. The lowest BCUT2D eigenvalue weighted by Crippen LogP contribution is -2.14. The number of nitrogens with one attached hydrogen (secondary N) is 1. The van der Waals surface area contributed by atoms with Gasteiger partial charge in [0.15, 0.2) is 0 Å². The lowest BCUT2D eigenvalue weighted by atomic mass is 10.1. The largest absolute Gasteiger partial charge is 0.481 e. The van der Waals surface area contributed by atoms with Gasteiger partial charge in [0.25, 0.3) is 5.69 Å². The Labute approximate surface area is 112 Å². The Balaban J connectivity index is 2.94. The van der Waals surface area contributed by atoms with E-state index >= 15 is 0 Å². The summed E-state index contributed by atoms with van der Waals surface area (Å²) in [5.74, 6) is -3.22. The average Bonchev–Trinajstić information content (AvgIpc) is 2.35. The first-order chi connectivity index (χ1) is 9.29. The van der Waals surface area contributed by atoms with Gasteiger partial charge in [-0.25, -0.2) is 4.79 Å². The predicted molar refractivity (Wildman–Crippen MR) is 65.6 cm³/mol. The molecule has 0 bridgehead atoms. The fraction of sp³-hybridized carbons (Fsp3) is 0.182. The van der Waals surface area contributed by atoms with Crippen molar-refractivity contribution in [2.24, 2.45) is 0 Å². The van der Waals surface area contributed by atoms with E-state index in [0.29, 0.717) is 0 Å². The maximum atomic E-state index is 11.4. The molecule has 0 atom stereocenters. The first-order valence-corrected chi connectivity index (χ1v) is 5.34. The summed E-state index contributed by atoms with van der Waals surface area (Å²) >= 11 is 0. The normalized spacial score (nSPS) is 9.80. The third kappa shape index (κ3) is 4.37. The molecule has 0 aromatic heterocycles. The number of amides is 1. The number of nitro benzene ring substituents is 1. The minimum atomic E-state index is -1.38. The number of carbonyl (C=O) groups is 3. The van der Waals surface area contributed by atoms with E-state index in [1.807, 2.05) is 0 Å². The highest BCUT2D eigenvalue weighted by molar-refractivity contribution is 5.95. The number of carboxylic acid groups (broad SMARTS) is 2. The van der Waals surface area contributed by atoms with Crippen LogP contribution in [-0.2, 0) is 9.59 Å². The number of hydrogen-bond donors (Lipinski definition) is 3. The molecule has 1 aromatic carbocycles. The quantitative estimate of drug-likeness (QED) is 0.522. The van der Waals surface area contributed by atoms with Crippen molar-refractivity contribution >= 4 is 29.2 Å². The van der Waals surface area contributed by atoms with Gasteiger partial charge >= 0.3 is 11.9 Å². The Hall–Kier alpha value is -2.97. The standard InChI is InChI=1S/C11H10N2O7/c14-9(1-2-10(15)16)12-7-3-6(11(17)18)4-8(5-7)13(19)20/h3-5H,1-2H2,(H,12,14)(H,15,16)(H,17,18). The number of hydrogen-bond acceptors (Lipinski definition) is 5. The van der Waals surface area contributed by atoms with Crippen molar-refractivity contribution in [3.05, 3.63) is 33.9 Å². The molecule has 3 N–H and O–H groups in total. The molecule has 9 nitrogen and oxygen atoms in total. The molecule has 1 rings (SSSR count). The average molecular weight is 282 g/mol. The van der Waals surface area contributed by atoms with Gasteiger partial charge in [0.2, 0.25) is 5.91 Å². The van der Waals surface area contributed by atoms with Gasteiger partial charge in [-0.3, -0.25) is 19.7 Å². The number of anilines is 1. The maximum absolute atomic E-state index is 11.4. The second kappa shape index (κ2) is 6.27. The molecule has 1 aromatic rings. The van der Waals surface area contributed by atoms with Gasteiger partial charge in [-0.05, 0) is 6.07 Å². The number of aromatic carboxylic acids is 1. The van der Waals surface area contributed by atoms with E-state index < -0.39 is 34.9 Å². The number of carboxylic acids is 2. The van der Waals surface area contributed by atoms with Gasteiger partial charge in [-0.2, -0.15) is 0 Å². The third-order valence-electron chi connectivity index (χ3n) is 2.23. The Bertz CT molecular complexity index is 550. The van der Waals surface area contributed by atoms with E-state index in [9.17, 15) is 24.5 Å². The summed E-state index contributed by atoms with van der Waals surface area (Å²) in [4.78, 5) is 42.4. The number of nitrogens with zero attached hydrogens (tertiary/aromatic N) is 1. The van der Waals surface area contributed by atoms with Crippen molar-refractivity contribution < 1.29 is 29.5 Å². The summed E-state index contributed by atoms with van der Waals surface area (Å²) in [5.41, 5.74) is -0.918. The zero-order valence-electron chi connectivity index (χ0n) is 10.0. The SMILES string of the molecule is O=C(O)CCC(=O)Nc1cc(C(=O)O)cc([N+](=O)[O-])c1. The summed E-state index contributed by atoms with van der Waals surface area (Å²) in [6, 6.07) is 2.90. The molecule has 0 aliphatic rings. The Morgan fingerprint density at radius 1 is 1.15 bits per heavy atom. The van der Waals surface area contributed by atoms with Gasteiger partial charge in [0.05, 0.1) is 16.9 Å². The summed E-state index contributed by atoms with van der Waals surface area (Å²) in [6.45, 7) is 0. The van der Waals surface area contributed by atoms with E-state index in [-0.39, 0.29) is 17.7 Å². The van der Waals surface area contributed by atoms with Gasteiger partial charge in [-0.15, -0.1) is 0 Å². The lowest BCUT2D eigenvalue weighted by Gasteiger charge is -2.05. The Morgan fingerprint density at radius 3 is 2.30 bits per heavy atom. The number of carbonyl (C=O) groups excluding carboxylic acids is 1. The highest BCUT2D eigenvalue weighted by Crippen LogP contribution is 2.21. The van der Waals surface area contributed by atoms with Crippen LogP contribution in [0.2, 0.25) is 0 Å². The fourth-order valence-electron chi connectivity index (χ4n) is 1.36. The van der Waals surface area contributed by atoms with Crippen molar-refractivity contribution in [2.75, 3.05) is 5.32 Å². The number of nitro groups is 1. The topological polar surface area (TPSA) is 147 Å². The highest BCUT2D eigenvalue weighted by atomic mass is 16.6. The fourth-order valence-corrected chi connectivity index (χ4v) is 1.36. The minimum Gasteiger partial charge on any atom is -0.481 e. The van der Waals surface area contributed by atoms with Crippen LogP contribution in [0.5, 0.6) is 0 Å². The van der Waals surface area contributed by atoms with Crippen molar-refractivity contribution in [3.63, 3.8) is 0 Å². The summed E-state index contributed by atoms with van der Waals surface area (Å²) in [7, 11) is 0. The smallest absolute Gasteiger partial charge is 0.336 e. The number of rotatable bonds is 6. The van der Waals surface area contributed by atoms with E-state index in [1.165, 1.54) is 0 Å². The van der Waals surface area contributed by atoms with E-state index in [2.05, 4.69) is 5.32 Å². The van der Waals surface area contributed by atoms with E-state index in [1.54, 1.807) is 0 Å². The van der Waals surface area contributed by atoms with Gasteiger partial charge < -0.3 is 15.5 Å². The first-order valence-electron chi connectivity index (χ1n) is 5.34. The van der Waals surface area contributed by atoms with Crippen LogP contribution in [0.1, 0.15) is 23.2 Å². The summed E-state index contributed by atoms with van der Waals surface area (Å²) < 4.78 is 0. The monoisotopic (exact) mass is 282 g/mol. The van der Waals surface area contributed by atoms with Crippen LogP contribution >= 0.6 is 0 Å². The molecule has 0 radical (unpaired) electrons. The van der Waals surface area contributed by atoms with E-state index in [0.717, 1.165) is 18.2 Å². The van der Waals surface area contributed by atoms with Crippen LogP contribution in [-0.4, -0.2) is 33.0 Å². The second-order valence-corrected chi connectivity index (χ2v) is 3.77. The van der Waals surface area contributed by atoms with Crippen LogP contribution in [0.4, 0.5) is 11.4 Å². The molecule has 106 valence electrons. The predicted octanol–water partition coefficient (Wildman–Crippen LogP) is 1.10. The molecule has 0 aliphatic carbocycles. The third-order valence-corrected chi connectivity index (χ3v) is 2.23. The van der Waals surface area contributed by atoms with Crippen LogP contribution in [0.25, 0.3) is 0 Å². The molecule has 1 amide bonds. The zero-order valence-corrected chi connectivity index (χ0v) is 10.0. The molecule has 0 unspecified atom stereocenters. The van der Waals surface area contributed by atoms with Crippen LogP contribution < -0.4 is 5.32 Å². The number of non-ortho nitro benzene ring substituents is 1. The van der Waals surface area contributed by atoms with Crippen molar-refractivity contribution in [1.82, 2.24) is 0 Å². The van der Waals surface area contributed by atoms with Gasteiger partial charge in [0, 0.05) is 24.2 Å². The number of aliphatic carboxylic acids is 1. The second-order valence-electron chi connectivity index (χ2n) is 3.77. The maximum Gasteiger partial charge on any atom is 0.336 e. The van der Waals surface area contributed by atoms with Crippen LogP contribution in [0.3, 0.4) is 0 Å². The molecule has 0 saturated heterocycles. The van der Waals surface area contributed by atoms with Crippen LogP contribution in [0.15, 0.2) is 18.2 Å². The van der Waals surface area contributed by atoms with Crippen molar-refractivity contribution in [2.45, 2.75) is 12.8 Å². The molecule has 0 spiro atoms. The molecule has 0 heterocycles. The first kappa shape index (κ1) is 15.1. The molecular weight excluding hydrogens is 272 g/mol. The lowest BCUT2D eigenvalue weighted by molar-refractivity contribution is -0.384. The minimum absolute atomic E-state index is 0.0769. The molecule has 0 saturated carbocycles. The van der Waals surface area contributed by atoms with Gasteiger partial charge in [0.1, 0.15) is 0 Å². The summed E-state index contributed by atoms with van der Waals surface area (Å²) in [5, 5.41) is 30.1. The molecular formula is C11H10N2O7. The van der Waals surface area contributed by atoms with Gasteiger partial charge in [-0.1, -0.05) is 0 Å². The van der Waals surface area contributed by atoms with E-state index in [4.69, 9.17) is 10.2 Å². The summed E-state index contributed by atoms with van der Waals surface area (Å²) in [6.07, 6.45) is -0.715. The highest BCUT2D eigenvalue weighted by Gasteiger charge is 2.15. The molecule has 9 heteroatoms.